The van der Waals surface area contributed by atoms with Crippen LogP contribution in [0.15, 0.2) is 41.6 Å². The number of rotatable bonds is 8. The van der Waals surface area contributed by atoms with Gasteiger partial charge in [-0.3, -0.25) is 9.59 Å². The molecule has 33 heavy (non-hydrogen) atoms. The molecule has 1 aromatic heterocycles. The molecule has 1 heterocycles. The summed E-state index contributed by atoms with van der Waals surface area (Å²) in [5.74, 6) is -0.538. The highest BCUT2D eigenvalue weighted by Crippen LogP contribution is 2.24. The first kappa shape index (κ1) is 24.4. The molecule has 2 N–H and O–H groups in total. The van der Waals surface area contributed by atoms with Crippen molar-refractivity contribution in [2.24, 2.45) is 0 Å². The Morgan fingerprint density at radius 1 is 1.12 bits per heavy atom. The van der Waals surface area contributed by atoms with Crippen molar-refractivity contribution in [3.8, 4) is 0 Å². The van der Waals surface area contributed by atoms with Crippen molar-refractivity contribution in [3.63, 3.8) is 0 Å². The van der Waals surface area contributed by atoms with Gasteiger partial charge in [-0.25, -0.2) is 4.39 Å². The first-order chi connectivity index (χ1) is 15.7. The summed E-state index contributed by atoms with van der Waals surface area (Å²) in [5.41, 5.74) is 3.99. The van der Waals surface area contributed by atoms with Crippen LogP contribution in [0.3, 0.4) is 0 Å². The van der Waals surface area contributed by atoms with E-state index in [1.807, 2.05) is 44.4 Å². The largest absolute Gasteiger partial charge is 0.342 e. The van der Waals surface area contributed by atoms with E-state index in [-0.39, 0.29) is 17.2 Å². The van der Waals surface area contributed by atoms with Crippen molar-refractivity contribution in [2.45, 2.75) is 52.4 Å². The highest BCUT2D eigenvalue weighted by molar-refractivity contribution is 7.99. The zero-order valence-electron chi connectivity index (χ0n) is 19.4. The highest BCUT2D eigenvalue weighted by atomic mass is 32.2. The van der Waals surface area contributed by atoms with Crippen LogP contribution in [-0.2, 0) is 11.3 Å². The molecule has 2 amide bonds. The topological polar surface area (TPSA) is 88.9 Å². The first-order valence-electron chi connectivity index (χ1n) is 10.7. The second-order valence-corrected chi connectivity index (χ2v) is 8.81. The number of amides is 2. The molecule has 0 unspecified atom stereocenters. The summed E-state index contributed by atoms with van der Waals surface area (Å²) in [5, 5.41) is 14.7. The van der Waals surface area contributed by atoms with Gasteiger partial charge in [0.1, 0.15) is 5.82 Å². The first-order valence-corrected chi connectivity index (χ1v) is 11.7. The zero-order valence-corrected chi connectivity index (χ0v) is 20.2. The molecule has 174 valence electrons. The number of nitrogens with zero attached hydrogens (tertiary/aromatic N) is 3. The molecule has 3 aromatic rings. The van der Waals surface area contributed by atoms with Gasteiger partial charge in [0.15, 0.2) is 11.0 Å². The van der Waals surface area contributed by atoms with Crippen LogP contribution in [0.25, 0.3) is 0 Å². The standard InChI is InChI=1S/C24H28FN5O2S/c1-6-30-22(17(5)26-23(32)18-9-7-8-10-19(18)25)28-29-24(30)33-13-20(31)27-21-15(3)11-14(2)12-16(21)4/h7-12,17H,6,13H2,1-5H3,(H,26,32)(H,27,31)/t17-/m1/s1. The molecule has 1 atom stereocenters. The van der Waals surface area contributed by atoms with Gasteiger partial charge in [-0.05, 0) is 57.9 Å². The molecule has 0 radical (unpaired) electrons. The number of nitrogens with one attached hydrogen (secondary N) is 2. The minimum atomic E-state index is -0.583. The second kappa shape index (κ2) is 10.6. The third kappa shape index (κ3) is 5.78. The van der Waals surface area contributed by atoms with Crippen molar-refractivity contribution in [2.75, 3.05) is 11.1 Å². The van der Waals surface area contributed by atoms with Crippen LogP contribution < -0.4 is 10.6 Å². The fraction of sp³-hybridized carbons (Fsp3) is 0.333. The lowest BCUT2D eigenvalue weighted by Crippen LogP contribution is -2.29. The maximum absolute atomic E-state index is 13.9. The van der Waals surface area contributed by atoms with E-state index in [2.05, 4.69) is 20.8 Å². The van der Waals surface area contributed by atoms with Crippen LogP contribution in [0.4, 0.5) is 10.1 Å². The Morgan fingerprint density at radius 3 is 2.42 bits per heavy atom. The predicted octanol–water partition coefficient (Wildman–Crippen LogP) is 4.58. The lowest BCUT2D eigenvalue weighted by atomic mass is 10.1. The van der Waals surface area contributed by atoms with Crippen molar-refractivity contribution in [1.82, 2.24) is 20.1 Å². The van der Waals surface area contributed by atoms with Crippen molar-refractivity contribution < 1.29 is 14.0 Å². The van der Waals surface area contributed by atoms with Gasteiger partial charge in [-0.1, -0.05) is 41.6 Å². The Hall–Kier alpha value is -3.20. The van der Waals surface area contributed by atoms with Crippen molar-refractivity contribution >= 4 is 29.3 Å². The van der Waals surface area contributed by atoms with E-state index in [0.29, 0.717) is 17.5 Å². The monoisotopic (exact) mass is 469 g/mol. The van der Waals surface area contributed by atoms with Gasteiger partial charge in [0.25, 0.3) is 5.91 Å². The van der Waals surface area contributed by atoms with Gasteiger partial charge in [0.2, 0.25) is 5.91 Å². The summed E-state index contributed by atoms with van der Waals surface area (Å²) in [7, 11) is 0. The Bertz CT molecular complexity index is 1150. The number of hydrogen-bond acceptors (Lipinski definition) is 5. The summed E-state index contributed by atoms with van der Waals surface area (Å²) in [6.07, 6.45) is 0. The maximum atomic E-state index is 13.9. The van der Waals surface area contributed by atoms with E-state index in [0.717, 1.165) is 22.4 Å². The van der Waals surface area contributed by atoms with E-state index >= 15 is 0 Å². The molecule has 0 aliphatic heterocycles. The molecular formula is C24H28FN5O2S. The number of anilines is 1. The molecule has 7 nitrogen and oxygen atoms in total. The average Bonchev–Trinajstić information content (AvgIpc) is 3.18. The molecular weight excluding hydrogens is 441 g/mol. The van der Waals surface area contributed by atoms with Crippen LogP contribution in [-0.4, -0.2) is 32.3 Å². The fourth-order valence-electron chi connectivity index (χ4n) is 3.69. The number of benzene rings is 2. The lowest BCUT2D eigenvalue weighted by molar-refractivity contribution is -0.113. The zero-order chi connectivity index (χ0) is 24.1. The van der Waals surface area contributed by atoms with E-state index < -0.39 is 17.8 Å². The predicted molar refractivity (Wildman–Crippen MR) is 128 cm³/mol. The van der Waals surface area contributed by atoms with Crippen molar-refractivity contribution in [1.29, 1.82) is 0 Å². The van der Waals surface area contributed by atoms with Crippen LogP contribution in [0.1, 0.15) is 52.8 Å². The normalized spacial score (nSPS) is 11.8. The number of aromatic nitrogens is 3. The van der Waals surface area contributed by atoms with Gasteiger partial charge in [-0.15, -0.1) is 10.2 Å². The Morgan fingerprint density at radius 2 is 1.79 bits per heavy atom. The maximum Gasteiger partial charge on any atom is 0.254 e. The number of thioether (sulfide) groups is 1. The van der Waals surface area contributed by atoms with Gasteiger partial charge < -0.3 is 15.2 Å². The summed E-state index contributed by atoms with van der Waals surface area (Å²) < 4.78 is 15.7. The number of hydrogen-bond donors (Lipinski definition) is 2. The Kier molecular flexibility index (Phi) is 7.86. The molecule has 2 aromatic carbocycles. The van der Waals surface area contributed by atoms with Crippen molar-refractivity contribution in [3.05, 3.63) is 70.3 Å². The number of carbonyl (C=O) groups excluding carboxylic acids is 2. The summed E-state index contributed by atoms with van der Waals surface area (Å²) >= 11 is 1.27. The summed E-state index contributed by atoms with van der Waals surface area (Å²) in [6.45, 7) is 10.2. The third-order valence-electron chi connectivity index (χ3n) is 5.19. The molecule has 0 saturated carbocycles. The molecule has 0 aliphatic rings. The molecule has 0 bridgehead atoms. The molecule has 0 fully saturated rings. The van der Waals surface area contributed by atoms with E-state index in [9.17, 15) is 14.0 Å². The SMILES string of the molecule is CCn1c(SCC(=O)Nc2c(C)cc(C)cc2C)nnc1[C@@H](C)NC(=O)c1ccccc1F. The number of aryl methyl sites for hydroxylation is 3. The Labute approximate surface area is 197 Å². The molecule has 9 heteroatoms. The van der Waals surface area contributed by atoms with E-state index in [1.165, 1.54) is 30.0 Å². The van der Waals surface area contributed by atoms with Gasteiger partial charge in [0, 0.05) is 12.2 Å². The quantitative estimate of drug-likeness (QED) is 0.471. The van der Waals surface area contributed by atoms with Crippen LogP contribution in [0.5, 0.6) is 0 Å². The summed E-state index contributed by atoms with van der Waals surface area (Å²) in [6, 6.07) is 9.39. The second-order valence-electron chi connectivity index (χ2n) is 7.87. The minimum absolute atomic E-state index is 0.0279. The van der Waals surface area contributed by atoms with E-state index in [1.54, 1.807) is 13.0 Å². The van der Waals surface area contributed by atoms with Gasteiger partial charge in [-0.2, -0.15) is 0 Å². The fourth-order valence-corrected chi connectivity index (χ4v) is 4.50. The molecule has 0 spiro atoms. The molecule has 0 saturated heterocycles. The Balaban J connectivity index is 1.66. The van der Waals surface area contributed by atoms with Gasteiger partial charge >= 0.3 is 0 Å². The molecule has 3 rings (SSSR count). The summed E-state index contributed by atoms with van der Waals surface area (Å²) in [4.78, 5) is 25.0. The van der Waals surface area contributed by atoms with Crippen LogP contribution in [0.2, 0.25) is 0 Å². The number of halogens is 1. The van der Waals surface area contributed by atoms with Crippen LogP contribution >= 0.6 is 11.8 Å². The third-order valence-corrected chi connectivity index (χ3v) is 6.16. The minimum Gasteiger partial charge on any atom is -0.342 e. The van der Waals surface area contributed by atoms with E-state index in [4.69, 9.17) is 0 Å². The number of carbonyl (C=O) groups is 2. The smallest absolute Gasteiger partial charge is 0.254 e. The van der Waals surface area contributed by atoms with Gasteiger partial charge in [0.05, 0.1) is 17.4 Å². The lowest BCUT2D eigenvalue weighted by Gasteiger charge is -2.15. The van der Waals surface area contributed by atoms with Crippen LogP contribution in [0, 0.1) is 26.6 Å². The molecule has 0 aliphatic carbocycles. The highest BCUT2D eigenvalue weighted by Gasteiger charge is 2.21. The average molecular weight is 470 g/mol.